The summed E-state index contributed by atoms with van der Waals surface area (Å²) in [5.74, 6) is 0.277. The summed E-state index contributed by atoms with van der Waals surface area (Å²) < 4.78 is 0. The number of anilines is 1. The molecule has 2 aromatic rings. The first-order valence-electron chi connectivity index (χ1n) is 6.65. The second-order valence-corrected chi connectivity index (χ2v) is 5.19. The molecule has 0 unspecified atom stereocenters. The van der Waals surface area contributed by atoms with Crippen LogP contribution in [0.25, 0.3) is 0 Å². The van der Waals surface area contributed by atoms with Gasteiger partial charge in [-0.15, -0.1) is 0 Å². The standard InChI is InChI=1S/C17H17NO/c1-12-6-8-13(9-7-12)10-16-17(19)11-14-4-2-3-5-15(14)18-16/h2-9,16,18H,10-11H2,1H3/t16-/m1/s1. The van der Waals surface area contributed by atoms with Gasteiger partial charge in [0.05, 0.1) is 6.04 Å². The fourth-order valence-corrected chi connectivity index (χ4v) is 2.52. The lowest BCUT2D eigenvalue weighted by Gasteiger charge is -2.26. The average Bonchev–Trinajstić information content (AvgIpc) is 2.42. The van der Waals surface area contributed by atoms with E-state index in [4.69, 9.17) is 0 Å². The summed E-state index contributed by atoms with van der Waals surface area (Å²) in [4.78, 5) is 12.2. The van der Waals surface area contributed by atoms with Crippen molar-refractivity contribution in [1.29, 1.82) is 0 Å². The van der Waals surface area contributed by atoms with Gasteiger partial charge in [0.25, 0.3) is 0 Å². The molecule has 2 heteroatoms. The van der Waals surface area contributed by atoms with Crippen LogP contribution in [0.4, 0.5) is 5.69 Å². The molecule has 3 rings (SSSR count). The summed E-state index contributed by atoms with van der Waals surface area (Å²) >= 11 is 0. The van der Waals surface area contributed by atoms with E-state index in [2.05, 4.69) is 36.5 Å². The van der Waals surface area contributed by atoms with Crippen molar-refractivity contribution in [3.63, 3.8) is 0 Å². The topological polar surface area (TPSA) is 29.1 Å². The van der Waals surface area contributed by atoms with E-state index in [9.17, 15) is 4.79 Å². The molecule has 0 saturated heterocycles. The molecule has 0 bridgehead atoms. The molecule has 96 valence electrons. The lowest BCUT2D eigenvalue weighted by molar-refractivity contribution is -0.119. The van der Waals surface area contributed by atoms with Crippen LogP contribution in [0.5, 0.6) is 0 Å². The van der Waals surface area contributed by atoms with E-state index in [0.717, 1.165) is 17.7 Å². The first kappa shape index (κ1) is 12.0. The van der Waals surface area contributed by atoms with E-state index in [-0.39, 0.29) is 11.8 Å². The maximum Gasteiger partial charge on any atom is 0.159 e. The van der Waals surface area contributed by atoms with Crippen molar-refractivity contribution in [3.8, 4) is 0 Å². The first-order valence-corrected chi connectivity index (χ1v) is 6.65. The fraction of sp³-hybridized carbons (Fsp3) is 0.235. The fourth-order valence-electron chi connectivity index (χ4n) is 2.52. The Hall–Kier alpha value is -2.09. The van der Waals surface area contributed by atoms with Crippen LogP contribution >= 0.6 is 0 Å². The molecular formula is C17H17NO. The van der Waals surface area contributed by atoms with Crippen LogP contribution in [0.1, 0.15) is 16.7 Å². The third kappa shape index (κ3) is 2.53. The lowest BCUT2D eigenvalue weighted by Crippen LogP contribution is -2.37. The van der Waals surface area contributed by atoms with E-state index in [0.29, 0.717) is 6.42 Å². The van der Waals surface area contributed by atoms with Gasteiger partial charge in [0.2, 0.25) is 0 Å². The van der Waals surface area contributed by atoms with Crippen molar-refractivity contribution >= 4 is 11.5 Å². The van der Waals surface area contributed by atoms with Gasteiger partial charge in [-0.2, -0.15) is 0 Å². The number of carbonyl (C=O) groups is 1. The minimum atomic E-state index is -0.0994. The molecule has 0 aliphatic carbocycles. The predicted octanol–water partition coefficient (Wildman–Crippen LogP) is 3.14. The maximum atomic E-state index is 12.2. The SMILES string of the molecule is Cc1ccc(C[C@H]2Nc3ccccc3CC2=O)cc1. The van der Waals surface area contributed by atoms with Gasteiger partial charge in [0.15, 0.2) is 5.78 Å². The minimum absolute atomic E-state index is 0.0994. The molecule has 0 saturated carbocycles. The minimum Gasteiger partial charge on any atom is -0.375 e. The van der Waals surface area contributed by atoms with Gasteiger partial charge in [-0.05, 0) is 30.5 Å². The largest absolute Gasteiger partial charge is 0.375 e. The van der Waals surface area contributed by atoms with Crippen molar-refractivity contribution in [3.05, 3.63) is 65.2 Å². The van der Waals surface area contributed by atoms with Crippen LogP contribution in [0, 0.1) is 6.92 Å². The van der Waals surface area contributed by atoms with Gasteiger partial charge >= 0.3 is 0 Å². The summed E-state index contributed by atoms with van der Waals surface area (Å²) in [5, 5.41) is 3.36. The number of hydrogen-bond donors (Lipinski definition) is 1. The van der Waals surface area contributed by atoms with Gasteiger partial charge in [0, 0.05) is 12.1 Å². The van der Waals surface area contributed by atoms with Crippen molar-refractivity contribution < 1.29 is 4.79 Å². The van der Waals surface area contributed by atoms with Crippen LogP contribution in [0.2, 0.25) is 0 Å². The van der Waals surface area contributed by atoms with E-state index >= 15 is 0 Å². The Balaban J connectivity index is 1.79. The molecule has 0 spiro atoms. The van der Waals surface area contributed by atoms with Gasteiger partial charge in [-0.25, -0.2) is 0 Å². The van der Waals surface area contributed by atoms with Crippen LogP contribution in [-0.2, 0) is 17.6 Å². The number of aryl methyl sites for hydroxylation is 1. The summed E-state index contributed by atoms with van der Waals surface area (Å²) in [7, 11) is 0. The molecule has 1 aliphatic heterocycles. The van der Waals surface area contributed by atoms with Crippen molar-refractivity contribution in [2.24, 2.45) is 0 Å². The zero-order valence-corrected chi connectivity index (χ0v) is 11.0. The first-order chi connectivity index (χ1) is 9.22. The number of benzene rings is 2. The number of hydrogen-bond acceptors (Lipinski definition) is 2. The monoisotopic (exact) mass is 251 g/mol. The Kier molecular flexibility index (Phi) is 3.08. The van der Waals surface area contributed by atoms with E-state index < -0.39 is 0 Å². The molecule has 0 aromatic heterocycles. The van der Waals surface area contributed by atoms with Crippen molar-refractivity contribution in [2.45, 2.75) is 25.8 Å². The molecular weight excluding hydrogens is 234 g/mol. The molecule has 1 N–H and O–H groups in total. The van der Waals surface area contributed by atoms with Crippen LogP contribution in [0.3, 0.4) is 0 Å². The van der Waals surface area contributed by atoms with Gasteiger partial charge in [-0.1, -0.05) is 48.0 Å². The molecule has 1 atom stereocenters. The molecule has 0 radical (unpaired) electrons. The van der Waals surface area contributed by atoms with Crippen LogP contribution in [-0.4, -0.2) is 11.8 Å². The molecule has 1 aliphatic rings. The molecule has 2 aromatic carbocycles. The number of nitrogens with one attached hydrogen (secondary N) is 1. The molecule has 1 heterocycles. The number of rotatable bonds is 2. The maximum absolute atomic E-state index is 12.2. The second kappa shape index (κ2) is 4.88. The number of para-hydroxylation sites is 1. The highest BCUT2D eigenvalue weighted by Gasteiger charge is 2.25. The third-order valence-electron chi connectivity index (χ3n) is 3.66. The Labute approximate surface area is 113 Å². The zero-order valence-electron chi connectivity index (χ0n) is 11.0. The number of Topliss-reactive ketones (excluding diaryl/α,β-unsaturated/α-hetero) is 1. The molecule has 2 nitrogen and oxygen atoms in total. The highest BCUT2D eigenvalue weighted by atomic mass is 16.1. The van der Waals surface area contributed by atoms with Crippen molar-refractivity contribution in [2.75, 3.05) is 5.32 Å². The van der Waals surface area contributed by atoms with Gasteiger partial charge in [-0.3, -0.25) is 4.79 Å². The number of fused-ring (bicyclic) bond motifs is 1. The normalized spacial score (nSPS) is 17.7. The van der Waals surface area contributed by atoms with E-state index in [1.807, 2.05) is 24.3 Å². The zero-order chi connectivity index (χ0) is 13.2. The Bertz CT molecular complexity index is 601. The van der Waals surface area contributed by atoms with E-state index in [1.54, 1.807) is 0 Å². The summed E-state index contributed by atoms with van der Waals surface area (Å²) in [6.07, 6.45) is 1.30. The molecule has 0 fully saturated rings. The van der Waals surface area contributed by atoms with E-state index in [1.165, 1.54) is 11.1 Å². The summed E-state index contributed by atoms with van der Waals surface area (Å²) in [6, 6.07) is 16.3. The van der Waals surface area contributed by atoms with Crippen molar-refractivity contribution in [1.82, 2.24) is 0 Å². The highest BCUT2D eigenvalue weighted by molar-refractivity contribution is 5.92. The van der Waals surface area contributed by atoms with Crippen LogP contribution in [0.15, 0.2) is 48.5 Å². The van der Waals surface area contributed by atoms with Crippen LogP contribution < -0.4 is 5.32 Å². The summed E-state index contributed by atoms with van der Waals surface area (Å²) in [6.45, 7) is 2.07. The lowest BCUT2D eigenvalue weighted by atomic mass is 9.92. The second-order valence-electron chi connectivity index (χ2n) is 5.19. The Morgan fingerprint density at radius 1 is 1.11 bits per heavy atom. The predicted molar refractivity (Wildman–Crippen MR) is 77.4 cm³/mol. The average molecular weight is 251 g/mol. The smallest absolute Gasteiger partial charge is 0.159 e. The van der Waals surface area contributed by atoms with Gasteiger partial charge < -0.3 is 5.32 Å². The Morgan fingerprint density at radius 3 is 2.63 bits per heavy atom. The quantitative estimate of drug-likeness (QED) is 0.888. The highest BCUT2D eigenvalue weighted by Crippen LogP contribution is 2.24. The Morgan fingerprint density at radius 2 is 1.84 bits per heavy atom. The number of ketones is 1. The molecule has 0 amide bonds. The molecule has 19 heavy (non-hydrogen) atoms. The summed E-state index contributed by atoms with van der Waals surface area (Å²) in [5.41, 5.74) is 4.65. The van der Waals surface area contributed by atoms with Gasteiger partial charge in [0.1, 0.15) is 0 Å². The third-order valence-corrected chi connectivity index (χ3v) is 3.66. The number of carbonyl (C=O) groups excluding carboxylic acids is 1.